The molecule has 1 aromatic rings. The SMILES string of the molecule is CNC(=O)c1c(N)sc2c1CCCCCC2. The summed E-state index contributed by atoms with van der Waals surface area (Å²) in [6.07, 6.45) is 7.05. The number of hydrogen-bond donors (Lipinski definition) is 2. The molecule has 0 atom stereocenters. The monoisotopic (exact) mass is 238 g/mol. The van der Waals surface area contributed by atoms with Crippen molar-refractivity contribution in [3.05, 3.63) is 16.0 Å². The van der Waals surface area contributed by atoms with E-state index in [0.717, 1.165) is 18.4 Å². The maximum Gasteiger partial charge on any atom is 0.254 e. The van der Waals surface area contributed by atoms with Crippen LogP contribution in [0.2, 0.25) is 0 Å². The first kappa shape index (κ1) is 11.5. The molecule has 1 amide bonds. The summed E-state index contributed by atoms with van der Waals surface area (Å²) in [4.78, 5) is 13.1. The maximum atomic E-state index is 11.8. The summed E-state index contributed by atoms with van der Waals surface area (Å²) < 4.78 is 0. The van der Waals surface area contributed by atoms with Gasteiger partial charge in [0, 0.05) is 11.9 Å². The fourth-order valence-electron chi connectivity index (χ4n) is 2.31. The largest absolute Gasteiger partial charge is 0.390 e. The van der Waals surface area contributed by atoms with Crippen LogP contribution < -0.4 is 11.1 Å². The average Bonchev–Trinajstić information content (AvgIpc) is 2.54. The zero-order chi connectivity index (χ0) is 11.5. The lowest BCUT2D eigenvalue weighted by molar-refractivity contribution is 0.0963. The first-order valence-corrected chi connectivity index (χ1v) is 6.67. The minimum Gasteiger partial charge on any atom is -0.390 e. The van der Waals surface area contributed by atoms with E-state index in [-0.39, 0.29) is 5.91 Å². The Bertz CT molecular complexity index is 398. The van der Waals surface area contributed by atoms with Crippen molar-refractivity contribution in [2.24, 2.45) is 0 Å². The molecular formula is C12H18N2OS. The zero-order valence-corrected chi connectivity index (χ0v) is 10.5. The smallest absolute Gasteiger partial charge is 0.254 e. The Labute approximate surface area is 100 Å². The lowest BCUT2D eigenvalue weighted by Gasteiger charge is -2.10. The number of nitrogen functional groups attached to an aromatic ring is 1. The highest BCUT2D eigenvalue weighted by Gasteiger charge is 2.21. The summed E-state index contributed by atoms with van der Waals surface area (Å²) in [5, 5.41) is 3.37. The Morgan fingerprint density at radius 1 is 1.25 bits per heavy atom. The summed E-state index contributed by atoms with van der Waals surface area (Å²) in [7, 11) is 1.66. The molecule has 1 aliphatic rings. The van der Waals surface area contributed by atoms with Gasteiger partial charge in [0.2, 0.25) is 0 Å². The van der Waals surface area contributed by atoms with Gasteiger partial charge in [0.25, 0.3) is 5.91 Å². The van der Waals surface area contributed by atoms with E-state index in [1.54, 1.807) is 18.4 Å². The van der Waals surface area contributed by atoms with E-state index in [4.69, 9.17) is 5.73 Å². The molecule has 0 unspecified atom stereocenters. The van der Waals surface area contributed by atoms with Crippen LogP contribution in [0.25, 0.3) is 0 Å². The third-order valence-corrected chi connectivity index (χ3v) is 4.27. The number of aryl methyl sites for hydroxylation is 1. The number of rotatable bonds is 1. The predicted octanol–water partition coefficient (Wildman–Crippen LogP) is 2.35. The molecule has 88 valence electrons. The topological polar surface area (TPSA) is 55.1 Å². The van der Waals surface area contributed by atoms with Crippen molar-refractivity contribution in [1.82, 2.24) is 5.32 Å². The molecule has 2 rings (SSSR count). The molecule has 16 heavy (non-hydrogen) atoms. The van der Waals surface area contributed by atoms with Crippen LogP contribution in [-0.4, -0.2) is 13.0 Å². The van der Waals surface area contributed by atoms with Gasteiger partial charge in [0.1, 0.15) is 0 Å². The second kappa shape index (κ2) is 4.87. The number of anilines is 1. The average molecular weight is 238 g/mol. The molecule has 0 fully saturated rings. The van der Waals surface area contributed by atoms with Gasteiger partial charge in [-0.25, -0.2) is 0 Å². The van der Waals surface area contributed by atoms with Crippen LogP contribution in [0.5, 0.6) is 0 Å². The fourth-order valence-corrected chi connectivity index (χ4v) is 3.47. The minimum absolute atomic E-state index is 0.0319. The third kappa shape index (κ3) is 2.07. The molecule has 1 heterocycles. The van der Waals surface area contributed by atoms with Gasteiger partial charge in [-0.3, -0.25) is 4.79 Å². The standard InChI is InChI=1S/C12H18N2OS/c1-14-12(15)10-8-6-4-2-3-5-7-9(8)16-11(10)13/h2-7,13H2,1H3,(H,14,15). The number of carbonyl (C=O) groups excluding carboxylic acids is 1. The van der Waals surface area contributed by atoms with Gasteiger partial charge < -0.3 is 11.1 Å². The highest BCUT2D eigenvalue weighted by Crippen LogP contribution is 2.34. The summed E-state index contributed by atoms with van der Waals surface area (Å²) in [5.41, 5.74) is 7.91. The minimum atomic E-state index is -0.0319. The normalized spacial score (nSPS) is 16.1. The summed E-state index contributed by atoms with van der Waals surface area (Å²) in [6.45, 7) is 0. The van der Waals surface area contributed by atoms with Gasteiger partial charge in [-0.1, -0.05) is 12.8 Å². The summed E-state index contributed by atoms with van der Waals surface area (Å²) >= 11 is 1.60. The molecule has 1 aromatic heterocycles. The number of hydrogen-bond acceptors (Lipinski definition) is 3. The molecule has 0 saturated heterocycles. The van der Waals surface area contributed by atoms with E-state index in [1.165, 1.54) is 36.1 Å². The number of nitrogens with one attached hydrogen (secondary N) is 1. The van der Waals surface area contributed by atoms with E-state index in [2.05, 4.69) is 5.32 Å². The van der Waals surface area contributed by atoms with Crippen molar-refractivity contribution in [3.8, 4) is 0 Å². The van der Waals surface area contributed by atoms with Crippen LogP contribution in [0, 0.1) is 0 Å². The van der Waals surface area contributed by atoms with E-state index < -0.39 is 0 Å². The van der Waals surface area contributed by atoms with E-state index in [0.29, 0.717) is 5.00 Å². The van der Waals surface area contributed by atoms with Gasteiger partial charge in [-0.2, -0.15) is 0 Å². The van der Waals surface area contributed by atoms with E-state index in [9.17, 15) is 4.79 Å². The molecule has 4 heteroatoms. The molecule has 3 N–H and O–H groups in total. The van der Waals surface area contributed by atoms with Gasteiger partial charge in [0.05, 0.1) is 10.6 Å². The molecule has 3 nitrogen and oxygen atoms in total. The van der Waals surface area contributed by atoms with Crippen LogP contribution in [0.1, 0.15) is 46.5 Å². The summed E-state index contributed by atoms with van der Waals surface area (Å²) in [6, 6.07) is 0. The Hall–Kier alpha value is -1.03. The van der Waals surface area contributed by atoms with Crippen molar-refractivity contribution >= 4 is 22.2 Å². The molecule has 1 aliphatic carbocycles. The first-order valence-electron chi connectivity index (χ1n) is 5.86. The first-order chi connectivity index (χ1) is 7.74. The Morgan fingerprint density at radius 3 is 2.62 bits per heavy atom. The highest BCUT2D eigenvalue weighted by atomic mass is 32.1. The van der Waals surface area contributed by atoms with Crippen molar-refractivity contribution < 1.29 is 4.79 Å². The highest BCUT2D eigenvalue weighted by molar-refractivity contribution is 7.16. The Morgan fingerprint density at radius 2 is 1.94 bits per heavy atom. The van der Waals surface area contributed by atoms with E-state index in [1.807, 2.05) is 0 Å². The van der Waals surface area contributed by atoms with Crippen LogP contribution in [0.3, 0.4) is 0 Å². The number of thiophene rings is 1. The lowest BCUT2D eigenvalue weighted by Crippen LogP contribution is -2.20. The molecule has 0 bridgehead atoms. The van der Waals surface area contributed by atoms with Crippen LogP contribution in [0.4, 0.5) is 5.00 Å². The van der Waals surface area contributed by atoms with Crippen molar-refractivity contribution in [2.75, 3.05) is 12.8 Å². The van der Waals surface area contributed by atoms with Gasteiger partial charge in [-0.05, 0) is 31.2 Å². The predicted molar refractivity (Wildman–Crippen MR) is 68.0 cm³/mol. The molecule has 0 radical (unpaired) electrons. The molecule has 0 aromatic carbocycles. The molecule has 0 saturated carbocycles. The number of carbonyl (C=O) groups is 1. The Kier molecular flexibility index (Phi) is 3.49. The number of fused-ring (bicyclic) bond motifs is 1. The second-order valence-electron chi connectivity index (χ2n) is 4.24. The molecule has 0 aliphatic heterocycles. The van der Waals surface area contributed by atoms with Crippen molar-refractivity contribution in [1.29, 1.82) is 0 Å². The van der Waals surface area contributed by atoms with Crippen molar-refractivity contribution in [3.63, 3.8) is 0 Å². The van der Waals surface area contributed by atoms with Gasteiger partial charge >= 0.3 is 0 Å². The third-order valence-electron chi connectivity index (χ3n) is 3.15. The molecule has 0 spiro atoms. The van der Waals surface area contributed by atoms with E-state index >= 15 is 0 Å². The quantitative estimate of drug-likeness (QED) is 0.789. The second-order valence-corrected chi connectivity index (χ2v) is 5.37. The Balaban J connectivity index is 2.40. The van der Waals surface area contributed by atoms with Gasteiger partial charge in [-0.15, -0.1) is 11.3 Å². The van der Waals surface area contributed by atoms with Crippen molar-refractivity contribution in [2.45, 2.75) is 38.5 Å². The fraction of sp³-hybridized carbons (Fsp3) is 0.583. The van der Waals surface area contributed by atoms with Crippen LogP contribution in [-0.2, 0) is 12.8 Å². The maximum absolute atomic E-state index is 11.8. The summed E-state index contributed by atoms with van der Waals surface area (Å²) in [5.74, 6) is -0.0319. The number of nitrogens with two attached hydrogens (primary N) is 1. The number of amides is 1. The van der Waals surface area contributed by atoms with Crippen LogP contribution in [0.15, 0.2) is 0 Å². The zero-order valence-electron chi connectivity index (χ0n) is 9.64. The van der Waals surface area contributed by atoms with Gasteiger partial charge in [0.15, 0.2) is 0 Å². The van der Waals surface area contributed by atoms with Crippen LogP contribution >= 0.6 is 11.3 Å². The molecular weight excluding hydrogens is 220 g/mol. The lowest BCUT2D eigenvalue weighted by atomic mass is 9.96.